The zero-order valence-corrected chi connectivity index (χ0v) is 19.0. The largest absolute Gasteiger partial charge is 0.493 e. The Kier molecular flexibility index (Phi) is 10.3. The number of hydrogen-bond acceptors (Lipinski definition) is 4. The van der Waals surface area contributed by atoms with Crippen LogP contribution in [0.15, 0.2) is 48.6 Å². The standard InChI is InChI=1S/C24H25Cl2NO4/c1-4-6-14-31-23(18-8-9-19(25)20(26)16-18)24(28)27-12-11-17-7-10-21(30-13-5-2)22(15-17)29-3/h2,4,6-10,15-16,23H,11-14H2,1,3H3,(H,27,28). The van der Waals surface area contributed by atoms with Crippen molar-refractivity contribution in [1.82, 2.24) is 5.32 Å². The highest BCUT2D eigenvalue weighted by Gasteiger charge is 2.21. The van der Waals surface area contributed by atoms with Crippen LogP contribution in [-0.2, 0) is 16.0 Å². The van der Waals surface area contributed by atoms with Crippen molar-refractivity contribution in [1.29, 1.82) is 0 Å². The topological polar surface area (TPSA) is 56.8 Å². The third kappa shape index (κ3) is 7.52. The van der Waals surface area contributed by atoms with Gasteiger partial charge in [-0.3, -0.25) is 4.79 Å². The van der Waals surface area contributed by atoms with E-state index >= 15 is 0 Å². The van der Waals surface area contributed by atoms with Gasteiger partial charge in [0.15, 0.2) is 17.6 Å². The van der Waals surface area contributed by atoms with Gasteiger partial charge < -0.3 is 19.5 Å². The monoisotopic (exact) mass is 461 g/mol. The summed E-state index contributed by atoms with van der Waals surface area (Å²) in [6, 6.07) is 10.6. The van der Waals surface area contributed by atoms with E-state index in [1.807, 2.05) is 31.2 Å². The minimum Gasteiger partial charge on any atom is -0.493 e. The predicted octanol–water partition coefficient (Wildman–Crippen LogP) is 5.01. The summed E-state index contributed by atoms with van der Waals surface area (Å²) in [4.78, 5) is 12.8. The number of ether oxygens (including phenoxy) is 3. The van der Waals surface area contributed by atoms with Gasteiger partial charge in [-0.1, -0.05) is 53.4 Å². The van der Waals surface area contributed by atoms with E-state index < -0.39 is 6.10 Å². The van der Waals surface area contributed by atoms with Crippen LogP contribution < -0.4 is 14.8 Å². The Balaban J connectivity index is 2.03. The first-order valence-electron chi connectivity index (χ1n) is 9.68. The van der Waals surface area contributed by atoms with Gasteiger partial charge in [0.05, 0.1) is 23.8 Å². The first-order valence-corrected chi connectivity index (χ1v) is 10.4. The third-order valence-electron chi connectivity index (χ3n) is 4.33. The molecule has 1 amide bonds. The lowest BCUT2D eigenvalue weighted by molar-refractivity contribution is -0.132. The molecule has 0 saturated heterocycles. The normalized spacial score (nSPS) is 11.7. The highest BCUT2D eigenvalue weighted by Crippen LogP contribution is 2.29. The van der Waals surface area contributed by atoms with Crippen molar-refractivity contribution >= 4 is 29.1 Å². The predicted molar refractivity (Wildman–Crippen MR) is 124 cm³/mol. The molecule has 0 aliphatic carbocycles. The summed E-state index contributed by atoms with van der Waals surface area (Å²) >= 11 is 12.1. The molecule has 0 spiro atoms. The molecule has 0 aliphatic rings. The van der Waals surface area contributed by atoms with Gasteiger partial charge in [0.1, 0.15) is 6.61 Å². The van der Waals surface area contributed by atoms with Crippen molar-refractivity contribution in [2.24, 2.45) is 0 Å². The summed E-state index contributed by atoms with van der Waals surface area (Å²) < 4.78 is 16.6. The van der Waals surface area contributed by atoms with Gasteiger partial charge in [-0.05, 0) is 48.7 Å². The SMILES string of the molecule is C#CCOc1ccc(CCNC(=O)C(OCC=CC)c2ccc(Cl)c(Cl)c2)cc1OC. The van der Waals surface area contributed by atoms with E-state index in [2.05, 4.69) is 11.2 Å². The van der Waals surface area contributed by atoms with Gasteiger partial charge in [0, 0.05) is 6.54 Å². The molecule has 5 nitrogen and oxygen atoms in total. The number of hydrogen-bond donors (Lipinski definition) is 1. The molecule has 0 aromatic heterocycles. The van der Waals surface area contributed by atoms with E-state index in [0.29, 0.717) is 46.7 Å². The van der Waals surface area contributed by atoms with Crippen molar-refractivity contribution in [3.63, 3.8) is 0 Å². The van der Waals surface area contributed by atoms with Crippen molar-refractivity contribution < 1.29 is 19.0 Å². The van der Waals surface area contributed by atoms with E-state index in [4.69, 9.17) is 43.8 Å². The number of carbonyl (C=O) groups is 1. The van der Waals surface area contributed by atoms with Crippen LogP contribution >= 0.6 is 23.2 Å². The third-order valence-corrected chi connectivity index (χ3v) is 5.07. The lowest BCUT2D eigenvalue weighted by Crippen LogP contribution is -2.32. The molecule has 1 N–H and O–H groups in total. The average molecular weight is 462 g/mol. The fourth-order valence-corrected chi connectivity index (χ4v) is 3.08. The summed E-state index contributed by atoms with van der Waals surface area (Å²) in [7, 11) is 1.56. The molecular formula is C24H25Cl2NO4. The highest BCUT2D eigenvalue weighted by atomic mass is 35.5. The molecule has 1 atom stereocenters. The maximum Gasteiger partial charge on any atom is 0.253 e. The van der Waals surface area contributed by atoms with Gasteiger partial charge >= 0.3 is 0 Å². The van der Waals surface area contributed by atoms with Crippen LogP contribution in [0.3, 0.4) is 0 Å². The Morgan fingerprint density at radius 1 is 1.19 bits per heavy atom. The fourth-order valence-electron chi connectivity index (χ4n) is 2.78. The quantitative estimate of drug-likeness (QED) is 0.377. The van der Waals surface area contributed by atoms with Gasteiger partial charge in [-0.25, -0.2) is 0 Å². The number of allylic oxidation sites excluding steroid dienone is 1. The zero-order chi connectivity index (χ0) is 22.6. The molecule has 2 rings (SSSR count). The summed E-state index contributed by atoms with van der Waals surface area (Å²) in [6.07, 6.45) is 8.70. The molecule has 31 heavy (non-hydrogen) atoms. The van der Waals surface area contributed by atoms with E-state index in [9.17, 15) is 4.79 Å². The Morgan fingerprint density at radius 2 is 2.00 bits per heavy atom. The second-order valence-corrected chi connectivity index (χ2v) is 7.29. The number of terminal acetylenes is 1. The van der Waals surface area contributed by atoms with Crippen LogP contribution in [-0.4, -0.2) is 32.8 Å². The minimum absolute atomic E-state index is 0.162. The summed E-state index contributed by atoms with van der Waals surface area (Å²) in [5.41, 5.74) is 1.61. The molecule has 0 bridgehead atoms. The van der Waals surface area contributed by atoms with Crippen LogP contribution in [0.4, 0.5) is 0 Å². The summed E-state index contributed by atoms with van der Waals surface area (Å²) in [5.74, 6) is 3.32. The van der Waals surface area contributed by atoms with Crippen molar-refractivity contribution in [3.8, 4) is 23.8 Å². The number of rotatable bonds is 11. The van der Waals surface area contributed by atoms with E-state index in [1.54, 1.807) is 31.4 Å². The van der Waals surface area contributed by atoms with Crippen LogP contribution in [0.25, 0.3) is 0 Å². The second kappa shape index (κ2) is 12.9. The van der Waals surface area contributed by atoms with Crippen LogP contribution in [0.2, 0.25) is 10.0 Å². The molecule has 1 unspecified atom stereocenters. The Hall–Kier alpha value is -2.65. The Labute approximate surface area is 193 Å². The van der Waals surface area contributed by atoms with Crippen LogP contribution in [0, 0.1) is 12.3 Å². The number of amides is 1. The van der Waals surface area contributed by atoms with Gasteiger partial charge in [-0.2, -0.15) is 0 Å². The molecule has 7 heteroatoms. The first-order chi connectivity index (χ1) is 15.0. The first kappa shape index (κ1) is 24.6. The lowest BCUT2D eigenvalue weighted by Gasteiger charge is -2.18. The van der Waals surface area contributed by atoms with Crippen molar-refractivity contribution in [2.75, 3.05) is 26.9 Å². The van der Waals surface area contributed by atoms with E-state index in [0.717, 1.165) is 5.56 Å². The number of nitrogens with one attached hydrogen (secondary N) is 1. The molecular weight excluding hydrogens is 437 g/mol. The van der Waals surface area contributed by atoms with Crippen LogP contribution in [0.5, 0.6) is 11.5 Å². The molecule has 2 aromatic carbocycles. The summed E-state index contributed by atoms with van der Waals surface area (Å²) in [5, 5.41) is 3.70. The maximum atomic E-state index is 12.8. The molecule has 0 heterocycles. The smallest absolute Gasteiger partial charge is 0.253 e. The lowest BCUT2D eigenvalue weighted by atomic mass is 10.1. The second-order valence-electron chi connectivity index (χ2n) is 6.47. The molecule has 0 aliphatic heterocycles. The van der Waals surface area contributed by atoms with E-state index in [-0.39, 0.29) is 12.5 Å². The molecule has 0 saturated carbocycles. The zero-order valence-electron chi connectivity index (χ0n) is 17.5. The molecule has 0 fully saturated rings. The van der Waals surface area contributed by atoms with Gasteiger partial charge in [0.2, 0.25) is 0 Å². The van der Waals surface area contributed by atoms with E-state index in [1.165, 1.54) is 0 Å². The number of methoxy groups -OCH3 is 1. The average Bonchev–Trinajstić information content (AvgIpc) is 2.77. The Bertz CT molecular complexity index is 953. The van der Waals surface area contributed by atoms with Gasteiger partial charge in [-0.15, -0.1) is 6.42 Å². The number of benzene rings is 2. The Morgan fingerprint density at radius 3 is 2.68 bits per heavy atom. The summed E-state index contributed by atoms with van der Waals surface area (Å²) in [6.45, 7) is 2.76. The van der Waals surface area contributed by atoms with Crippen LogP contribution in [0.1, 0.15) is 24.2 Å². The highest BCUT2D eigenvalue weighted by molar-refractivity contribution is 6.42. The number of halogens is 2. The van der Waals surface area contributed by atoms with Gasteiger partial charge in [0.25, 0.3) is 5.91 Å². The van der Waals surface area contributed by atoms with Crippen molar-refractivity contribution in [3.05, 3.63) is 69.7 Å². The molecule has 2 aromatic rings. The fraction of sp³-hybridized carbons (Fsp3) is 0.292. The maximum absolute atomic E-state index is 12.8. The molecule has 164 valence electrons. The minimum atomic E-state index is -0.806. The number of carbonyl (C=O) groups excluding carboxylic acids is 1. The van der Waals surface area contributed by atoms with Crippen molar-refractivity contribution in [2.45, 2.75) is 19.4 Å². The molecule has 0 radical (unpaired) electrons.